The minimum atomic E-state index is -0.344. The number of nitrogens with zero attached hydrogens (tertiary/aromatic N) is 1. The highest BCUT2D eigenvalue weighted by atomic mass is 16.4. The van der Waals surface area contributed by atoms with Crippen LogP contribution < -0.4 is 10.9 Å². The molecular formula is C22H22N2O3. The molecule has 0 bridgehead atoms. The molecule has 27 heavy (non-hydrogen) atoms. The lowest BCUT2D eigenvalue weighted by Crippen LogP contribution is -2.30. The van der Waals surface area contributed by atoms with Crippen molar-refractivity contribution in [3.63, 3.8) is 0 Å². The Labute approximate surface area is 157 Å². The van der Waals surface area contributed by atoms with E-state index < -0.39 is 0 Å². The van der Waals surface area contributed by atoms with Gasteiger partial charge in [-0.2, -0.15) is 0 Å². The van der Waals surface area contributed by atoms with E-state index in [0.717, 1.165) is 28.6 Å². The minimum absolute atomic E-state index is 0.0264. The van der Waals surface area contributed by atoms with Gasteiger partial charge < -0.3 is 9.73 Å². The zero-order valence-corrected chi connectivity index (χ0v) is 15.3. The van der Waals surface area contributed by atoms with E-state index in [2.05, 4.69) is 22.3 Å². The molecule has 0 unspecified atom stereocenters. The molecule has 1 aliphatic rings. The molecule has 3 aromatic rings. The predicted molar refractivity (Wildman–Crippen MR) is 104 cm³/mol. The normalized spacial score (nSPS) is 18.3. The maximum atomic E-state index is 12.2. The van der Waals surface area contributed by atoms with Crippen molar-refractivity contribution in [2.24, 2.45) is 0 Å². The van der Waals surface area contributed by atoms with Crippen LogP contribution in [0.2, 0.25) is 0 Å². The van der Waals surface area contributed by atoms with Gasteiger partial charge in [0.25, 0.3) is 0 Å². The van der Waals surface area contributed by atoms with E-state index in [-0.39, 0.29) is 17.6 Å². The molecule has 1 atom stereocenters. The maximum absolute atomic E-state index is 12.2. The van der Waals surface area contributed by atoms with Crippen LogP contribution in [0.5, 0.6) is 0 Å². The predicted octanol–water partition coefficient (Wildman–Crippen LogP) is 3.16. The minimum Gasteiger partial charge on any atom is -0.423 e. The first-order valence-electron chi connectivity index (χ1n) is 9.19. The van der Waals surface area contributed by atoms with Crippen LogP contribution >= 0.6 is 0 Å². The van der Waals surface area contributed by atoms with Crippen molar-refractivity contribution in [1.82, 2.24) is 10.2 Å². The third-order valence-corrected chi connectivity index (χ3v) is 5.08. The quantitative estimate of drug-likeness (QED) is 0.727. The summed E-state index contributed by atoms with van der Waals surface area (Å²) in [6.45, 7) is 3.88. The molecule has 138 valence electrons. The Hall–Kier alpha value is -2.92. The van der Waals surface area contributed by atoms with Crippen molar-refractivity contribution >= 4 is 16.9 Å². The average Bonchev–Trinajstić information content (AvgIpc) is 2.83. The van der Waals surface area contributed by atoms with Crippen LogP contribution in [-0.4, -0.2) is 23.9 Å². The molecule has 0 radical (unpaired) electrons. The Kier molecular flexibility index (Phi) is 4.77. The second-order valence-corrected chi connectivity index (χ2v) is 7.04. The van der Waals surface area contributed by atoms with Gasteiger partial charge in [0.1, 0.15) is 5.58 Å². The smallest absolute Gasteiger partial charge is 0.336 e. The molecule has 1 aliphatic heterocycles. The molecule has 1 saturated heterocycles. The third-order valence-electron chi connectivity index (χ3n) is 5.08. The summed E-state index contributed by atoms with van der Waals surface area (Å²) in [7, 11) is 0. The van der Waals surface area contributed by atoms with Crippen LogP contribution in [0.1, 0.15) is 29.2 Å². The van der Waals surface area contributed by atoms with Crippen LogP contribution in [-0.2, 0) is 11.3 Å². The molecule has 1 aromatic heterocycles. The Bertz CT molecular complexity index is 1030. The molecule has 0 aliphatic carbocycles. The summed E-state index contributed by atoms with van der Waals surface area (Å²) in [4.78, 5) is 26.5. The van der Waals surface area contributed by atoms with E-state index in [0.29, 0.717) is 25.1 Å². The molecule has 1 fully saturated rings. The highest BCUT2D eigenvalue weighted by Crippen LogP contribution is 2.29. The van der Waals surface area contributed by atoms with Gasteiger partial charge in [0, 0.05) is 43.5 Å². The second-order valence-electron chi connectivity index (χ2n) is 7.04. The molecule has 2 heterocycles. The molecule has 1 N–H and O–H groups in total. The van der Waals surface area contributed by atoms with Crippen LogP contribution in [0, 0.1) is 6.92 Å². The lowest BCUT2D eigenvalue weighted by atomic mass is 10.0. The molecule has 5 heteroatoms. The van der Waals surface area contributed by atoms with Gasteiger partial charge in [-0.3, -0.25) is 9.69 Å². The lowest BCUT2D eigenvalue weighted by molar-refractivity contribution is -0.121. The average molecular weight is 362 g/mol. The van der Waals surface area contributed by atoms with Gasteiger partial charge in [0.05, 0.1) is 0 Å². The van der Waals surface area contributed by atoms with Gasteiger partial charge >= 0.3 is 5.63 Å². The van der Waals surface area contributed by atoms with E-state index in [1.807, 2.05) is 43.3 Å². The monoisotopic (exact) mass is 362 g/mol. The summed E-state index contributed by atoms with van der Waals surface area (Å²) in [5.41, 5.74) is 3.35. The molecule has 2 aromatic carbocycles. The number of amides is 1. The molecule has 0 saturated carbocycles. The summed E-state index contributed by atoms with van der Waals surface area (Å²) in [6.07, 6.45) is 0.405. The van der Waals surface area contributed by atoms with E-state index in [1.165, 1.54) is 0 Å². The highest BCUT2D eigenvalue weighted by Gasteiger charge is 2.26. The summed E-state index contributed by atoms with van der Waals surface area (Å²) in [5, 5.41) is 3.90. The maximum Gasteiger partial charge on any atom is 0.336 e. The Morgan fingerprint density at radius 2 is 1.93 bits per heavy atom. The highest BCUT2D eigenvalue weighted by molar-refractivity contribution is 5.81. The Morgan fingerprint density at radius 1 is 1.11 bits per heavy atom. The topological polar surface area (TPSA) is 62.6 Å². The van der Waals surface area contributed by atoms with E-state index in [9.17, 15) is 9.59 Å². The fourth-order valence-electron chi connectivity index (χ4n) is 3.75. The van der Waals surface area contributed by atoms with Gasteiger partial charge in [-0.25, -0.2) is 4.79 Å². The van der Waals surface area contributed by atoms with E-state index in [1.54, 1.807) is 6.07 Å². The van der Waals surface area contributed by atoms with Crippen molar-refractivity contribution in [3.05, 3.63) is 81.7 Å². The van der Waals surface area contributed by atoms with E-state index in [4.69, 9.17) is 4.42 Å². The van der Waals surface area contributed by atoms with Crippen molar-refractivity contribution in [2.75, 3.05) is 13.1 Å². The first kappa shape index (κ1) is 17.5. The zero-order chi connectivity index (χ0) is 18.8. The number of hydrogen-bond donors (Lipinski definition) is 1. The van der Waals surface area contributed by atoms with Gasteiger partial charge in [0.15, 0.2) is 0 Å². The number of benzene rings is 2. The first-order chi connectivity index (χ1) is 13.1. The van der Waals surface area contributed by atoms with Gasteiger partial charge in [0.2, 0.25) is 5.91 Å². The number of fused-ring (bicyclic) bond motifs is 1. The van der Waals surface area contributed by atoms with Crippen molar-refractivity contribution < 1.29 is 9.21 Å². The lowest BCUT2D eigenvalue weighted by Gasteiger charge is -2.29. The summed E-state index contributed by atoms with van der Waals surface area (Å²) in [6, 6.07) is 17.5. The summed E-state index contributed by atoms with van der Waals surface area (Å²) in [5.74, 6) is 0.0550. The van der Waals surface area contributed by atoms with E-state index >= 15 is 0 Å². The molecular weight excluding hydrogens is 340 g/mol. The fraction of sp³-hybridized carbons (Fsp3) is 0.273. The van der Waals surface area contributed by atoms with Crippen LogP contribution in [0.3, 0.4) is 0 Å². The summed E-state index contributed by atoms with van der Waals surface area (Å²) >= 11 is 0. The molecule has 4 rings (SSSR count). The van der Waals surface area contributed by atoms with Gasteiger partial charge in [-0.15, -0.1) is 0 Å². The van der Waals surface area contributed by atoms with Gasteiger partial charge in [-0.05, 0) is 29.7 Å². The molecule has 0 spiro atoms. The first-order valence-corrected chi connectivity index (χ1v) is 9.19. The molecule has 1 amide bonds. The number of rotatable bonds is 3. The second kappa shape index (κ2) is 7.37. The van der Waals surface area contributed by atoms with Crippen LogP contribution in [0.15, 0.2) is 63.8 Å². The third kappa shape index (κ3) is 3.78. The Balaban J connectivity index is 1.74. The number of hydrogen-bond acceptors (Lipinski definition) is 4. The largest absolute Gasteiger partial charge is 0.423 e. The SMILES string of the molecule is Cc1ccc2c(CN3CCNC(=O)C[C@H]3c3ccccc3)cc(=O)oc2c1. The van der Waals surface area contributed by atoms with Gasteiger partial charge in [-0.1, -0.05) is 42.5 Å². The standard InChI is InChI=1S/C22H22N2O3/c1-15-7-8-18-17(12-22(26)27-20(18)11-15)14-24-10-9-23-21(25)13-19(24)16-5-3-2-4-6-16/h2-8,11-12,19H,9-10,13-14H2,1H3,(H,23,25)/t19-/m0/s1. The van der Waals surface area contributed by atoms with Crippen LogP contribution in [0.25, 0.3) is 11.0 Å². The van der Waals surface area contributed by atoms with Crippen molar-refractivity contribution in [2.45, 2.75) is 25.9 Å². The van der Waals surface area contributed by atoms with Crippen molar-refractivity contribution in [1.29, 1.82) is 0 Å². The number of nitrogens with one attached hydrogen (secondary N) is 1. The van der Waals surface area contributed by atoms with Crippen molar-refractivity contribution in [3.8, 4) is 0 Å². The number of aryl methyl sites for hydroxylation is 1. The number of carbonyl (C=O) groups is 1. The Morgan fingerprint density at radius 3 is 2.74 bits per heavy atom. The zero-order valence-electron chi connectivity index (χ0n) is 15.3. The fourth-order valence-corrected chi connectivity index (χ4v) is 3.75. The number of carbonyl (C=O) groups excluding carboxylic acids is 1. The van der Waals surface area contributed by atoms with Crippen LogP contribution in [0.4, 0.5) is 0 Å². The summed E-state index contributed by atoms with van der Waals surface area (Å²) < 4.78 is 5.38. The molecule has 5 nitrogen and oxygen atoms in total.